The van der Waals surface area contributed by atoms with Crippen molar-refractivity contribution < 1.29 is 4.79 Å². The minimum Gasteiger partial charge on any atom is -0.320 e. The summed E-state index contributed by atoms with van der Waals surface area (Å²) in [6.07, 6.45) is 2.34. The van der Waals surface area contributed by atoms with Crippen molar-refractivity contribution in [1.29, 1.82) is 0 Å². The molecule has 0 spiro atoms. The van der Waals surface area contributed by atoms with Gasteiger partial charge in [-0.3, -0.25) is 9.36 Å². The number of fused-ring (bicyclic) bond motifs is 1. The number of rotatable bonds is 3. The van der Waals surface area contributed by atoms with Crippen molar-refractivity contribution >= 4 is 51.6 Å². The third-order valence-corrected chi connectivity index (χ3v) is 4.97. The fourth-order valence-electron chi connectivity index (χ4n) is 2.63. The third-order valence-electron chi connectivity index (χ3n) is 3.99. The summed E-state index contributed by atoms with van der Waals surface area (Å²) in [6, 6.07) is 10.2. The number of carbonyl (C=O) groups excluding carboxylic acids is 1. The molecule has 0 saturated heterocycles. The van der Waals surface area contributed by atoms with Crippen LogP contribution in [0.15, 0.2) is 42.6 Å². The van der Waals surface area contributed by atoms with Gasteiger partial charge in [0.1, 0.15) is 0 Å². The van der Waals surface area contributed by atoms with Gasteiger partial charge in [0, 0.05) is 22.2 Å². The van der Waals surface area contributed by atoms with E-state index >= 15 is 0 Å². The largest absolute Gasteiger partial charge is 0.320 e. The zero-order valence-electron chi connectivity index (χ0n) is 12.9. The van der Waals surface area contributed by atoms with Gasteiger partial charge < -0.3 is 5.73 Å². The van der Waals surface area contributed by atoms with Crippen LogP contribution in [0, 0.1) is 0 Å². The van der Waals surface area contributed by atoms with E-state index in [2.05, 4.69) is 0 Å². The standard InChI is InChI=1S/C18H15Cl3N2O/c1-2-16(22)18(24)23-9-13(10-3-5-14(20)15(21)7-10)12-8-11(19)4-6-17(12)23/h3-9,16H,2,22H2,1H3. The van der Waals surface area contributed by atoms with Crippen molar-refractivity contribution in [3.05, 3.63) is 57.7 Å². The smallest absolute Gasteiger partial charge is 0.247 e. The molecule has 6 heteroatoms. The van der Waals surface area contributed by atoms with Gasteiger partial charge in [-0.15, -0.1) is 0 Å². The highest BCUT2D eigenvalue weighted by atomic mass is 35.5. The molecular weight excluding hydrogens is 367 g/mol. The highest BCUT2D eigenvalue weighted by molar-refractivity contribution is 6.42. The highest BCUT2D eigenvalue weighted by Crippen LogP contribution is 2.35. The van der Waals surface area contributed by atoms with E-state index in [1.807, 2.05) is 25.1 Å². The zero-order chi connectivity index (χ0) is 17.4. The van der Waals surface area contributed by atoms with Crippen LogP contribution in [0.4, 0.5) is 0 Å². The molecule has 3 aromatic rings. The molecular formula is C18H15Cl3N2O. The van der Waals surface area contributed by atoms with Gasteiger partial charge in [-0.25, -0.2) is 0 Å². The predicted octanol–water partition coefficient (Wildman–Crippen LogP) is 5.65. The second-order valence-corrected chi connectivity index (χ2v) is 6.81. The Kier molecular flexibility index (Phi) is 4.88. The van der Waals surface area contributed by atoms with Crippen LogP contribution < -0.4 is 5.73 Å². The molecule has 1 atom stereocenters. The first-order chi connectivity index (χ1) is 11.4. The summed E-state index contributed by atoms with van der Waals surface area (Å²) in [6.45, 7) is 1.88. The molecule has 124 valence electrons. The van der Waals surface area contributed by atoms with Crippen LogP contribution >= 0.6 is 34.8 Å². The monoisotopic (exact) mass is 380 g/mol. The van der Waals surface area contributed by atoms with Gasteiger partial charge in [0.2, 0.25) is 5.91 Å². The van der Waals surface area contributed by atoms with Crippen LogP contribution in [0.25, 0.3) is 22.0 Å². The number of nitrogens with zero attached hydrogens (tertiary/aromatic N) is 1. The summed E-state index contributed by atoms with van der Waals surface area (Å²) in [5.74, 6) is -0.156. The van der Waals surface area contributed by atoms with Gasteiger partial charge in [0.15, 0.2) is 0 Å². The zero-order valence-corrected chi connectivity index (χ0v) is 15.2. The minimum atomic E-state index is -0.557. The first-order valence-electron chi connectivity index (χ1n) is 7.48. The van der Waals surface area contributed by atoms with Crippen molar-refractivity contribution in [2.75, 3.05) is 0 Å². The summed E-state index contributed by atoms with van der Waals surface area (Å²) in [5.41, 5.74) is 8.39. The summed E-state index contributed by atoms with van der Waals surface area (Å²) in [5, 5.41) is 2.38. The number of aromatic nitrogens is 1. The Balaban J connectivity index is 2.26. The fraction of sp³-hybridized carbons (Fsp3) is 0.167. The van der Waals surface area contributed by atoms with E-state index in [4.69, 9.17) is 40.5 Å². The summed E-state index contributed by atoms with van der Waals surface area (Å²) in [4.78, 5) is 12.6. The van der Waals surface area contributed by atoms with Crippen LogP contribution in [-0.2, 0) is 0 Å². The third kappa shape index (κ3) is 3.05. The summed E-state index contributed by atoms with van der Waals surface area (Å²) < 4.78 is 1.58. The summed E-state index contributed by atoms with van der Waals surface area (Å²) >= 11 is 18.3. The van der Waals surface area contributed by atoms with E-state index in [1.54, 1.807) is 29.0 Å². The lowest BCUT2D eigenvalue weighted by atomic mass is 10.1. The molecule has 1 unspecified atom stereocenters. The minimum absolute atomic E-state index is 0.156. The van der Waals surface area contributed by atoms with Crippen molar-refractivity contribution in [2.24, 2.45) is 5.73 Å². The highest BCUT2D eigenvalue weighted by Gasteiger charge is 2.19. The van der Waals surface area contributed by atoms with Crippen molar-refractivity contribution in [1.82, 2.24) is 4.57 Å². The number of hydrogen-bond acceptors (Lipinski definition) is 2. The van der Waals surface area contributed by atoms with E-state index in [0.29, 0.717) is 21.5 Å². The van der Waals surface area contributed by atoms with Crippen LogP contribution in [-0.4, -0.2) is 16.5 Å². The average Bonchev–Trinajstić information content (AvgIpc) is 2.94. The van der Waals surface area contributed by atoms with Crippen molar-refractivity contribution in [2.45, 2.75) is 19.4 Å². The molecule has 2 aromatic carbocycles. The molecule has 0 bridgehead atoms. The maximum atomic E-state index is 12.6. The Bertz CT molecular complexity index is 933. The number of carbonyl (C=O) groups is 1. The SMILES string of the molecule is CCC(N)C(=O)n1cc(-c2ccc(Cl)c(Cl)c2)c2cc(Cl)ccc21. The number of hydrogen-bond donors (Lipinski definition) is 1. The summed E-state index contributed by atoms with van der Waals surface area (Å²) in [7, 11) is 0. The molecule has 2 N–H and O–H groups in total. The second-order valence-electron chi connectivity index (χ2n) is 5.56. The van der Waals surface area contributed by atoms with Crippen LogP contribution in [0.1, 0.15) is 18.1 Å². The maximum Gasteiger partial charge on any atom is 0.247 e. The molecule has 3 rings (SSSR count). The lowest BCUT2D eigenvalue weighted by Gasteiger charge is -2.09. The van der Waals surface area contributed by atoms with E-state index in [0.717, 1.165) is 22.0 Å². The van der Waals surface area contributed by atoms with Gasteiger partial charge in [-0.2, -0.15) is 0 Å². The van der Waals surface area contributed by atoms with Crippen molar-refractivity contribution in [3.8, 4) is 11.1 Å². The van der Waals surface area contributed by atoms with Crippen molar-refractivity contribution in [3.63, 3.8) is 0 Å². The second kappa shape index (κ2) is 6.77. The van der Waals surface area contributed by atoms with Gasteiger partial charge >= 0.3 is 0 Å². The lowest BCUT2D eigenvalue weighted by molar-refractivity contribution is 0.0883. The van der Waals surface area contributed by atoms with Gasteiger partial charge in [-0.05, 0) is 42.3 Å². The molecule has 0 saturated carbocycles. The van der Waals surface area contributed by atoms with Crippen LogP contribution in [0.3, 0.4) is 0 Å². The molecule has 0 aliphatic carbocycles. The predicted molar refractivity (Wildman–Crippen MR) is 101 cm³/mol. The Morgan fingerprint density at radius 2 is 1.88 bits per heavy atom. The normalized spacial score (nSPS) is 12.5. The number of nitrogens with two attached hydrogens (primary N) is 1. The first kappa shape index (κ1) is 17.3. The molecule has 3 nitrogen and oxygen atoms in total. The topological polar surface area (TPSA) is 48.0 Å². The molecule has 24 heavy (non-hydrogen) atoms. The van der Waals surface area contributed by atoms with Gasteiger partial charge in [0.05, 0.1) is 21.6 Å². The van der Waals surface area contributed by atoms with Crippen LogP contribution in [0.5, 0.6) is 0 Å². The molecule has 0 fully saturated rings. The Hall–Kier alpha value is -1.52. The van der Waals surface area contributed by atoms with E-state index in [1.165, 1.54) is 0 Å². The van der Waals surface area contributed by atoms with E-state index < -0.39 is 6.04 Å². The maximum absolute atomic E-state index is 12.6. The number of halogens is 3. The Morgan fingerprint density at radius 3 is 2.54 bits per heavy atom. The first-order valence-corrected chi connectivity index (χ1v) is 8.61. The van der Waals surface area contributed by atoms with Crippen LogP contribution in [0.2, 0.25) is 15.1 Å². The van der Waals surface area contributed by atoms with Gasteiger partial charge in [0.25, 0.3) is 0 Å². The molecule has 0 aliphatic heterocycles. The quantitative estimate of drug-likeness (QED) is 0.637. The lowest BCUT2D eigenvalue weighted by Crippen LogP contribution is -2.33. The molecule has 1 heterocycles. The van der Waals surface area contributed by atoms with E-state index in [-0.39, 0.29) is 5.91 Å². The molecule has 0 aliphatic rings. The Morgan fingerprint density at radius 1 is 1.12 bits per heavy atom. The number of benzene rings is 2. The van der Waals surface area contributed by atoms with Gasteiger partial charge in [-0.1, -0.05) is 47.8 Å². The Labute approximate surface area is 154 Å². The molecule has 0 radical (unpaired) electrons. The average molecular weight is 382 g/mol. The molecule has 0 amide bonds. The molecule has 1 aromatic heterocycles. The fourth-order valence-corrected chi connectivity index (χ4v) is 3.10. The van der Waals surface area contributed by atoms with E-state index in [9.17, 15) is 4.79 Å².